The van der Waals surface area contributed by atoms with Gasteiger partial charge in [-0.25, -0.2) is 4.79 Å². The molecule has 0 aromatic heterocycles. The number of rotatable bonds is 3. The van der Waals surface area contributed by atoms with Crippen molar-refractivity contribution >= 4 is 11.9 Å². The predicted octanol–water partition coefficient (Wildman–Crippen LogP) is 0.581. The Morgan fingerprint density at radius 2 is 2.00 bits per heavy atom. The number of aliphatic hydroxyl groups excluding tert-OH is 1. The van der Waals surface area contributed by atoms with Gasteiger partial charge in [0.2, 0.25) is 5.91 Å². The fourth-order valence-corrected chi connectivity index (χ4v) is 2.27. The highest BCUT2D eigenvalue weighted by Crippen LogP contribution is 2.31. The maximum absolute atomic E-state index is 12.1. The summed E-state index contributed by atoms with van der Waals surface area (Å²) in [6.07, 6.45) is 0. The molecule has 2 N–H and O–H groups in total. The van der Waals surface area contributed by atoms with Crippen molar-refractivity contribution in [1.29, 1.82) is 0 Å². The summed E-state index contributed by atoms with van der Waals surface area (Å²) in [6.45, 7) is 7.44. The molecule has 3 amide bonds. The van der Waals surface area contributed by atoms with Gasteiger partial charge in [0.15, 0.2) is 0 Å². The maximum atomic E-state index is 12.1. The molecule has 1 heterocycles. The first kappa shape index (κ1) is 13.0. The molecule has 0 aromatic rings. The molecule has 0 bridgehead atoms. The normalized spacial score (nSPS) is 24.9. The van der Waals surface area contributed by atoms with Crippen LogP contribution >= 0.6 is 0 Å². The minimum Gasteiger partial charge on any atom is -0.395 e. The van der Waals surface area contributed by atoms with Gasteiger partial charge in [-0.3, -0.25) is 9.69 Å². The topological polar surface area (TPSA) is 69.6 Å². The minimum absolute atomic E-state index is 0.0545. The molecular weight excluding hydrogens is 208 g/mol. The van der Waals surface area contributed by atoms with Gasteiger partial charge in [0.25, 0.3) is 0 Å². The number of nitrogens with one attached hydrogen (secondary N) is 1. The molecule has 0 spiro atoms. The monoisotopic (exact) mass is 228 g/mol. The van der Waals surface area contributed by atoms with E-state index in [9.17, 15) is 9.59 Å². The number of aliphatic hydroxyl groups is 1. The zero-order valence-corrected chi connectivity index (χ0v) is 10.3. The van der Waals surface area contributed by atoms with Crippen LogP contribution in [0.15, 0.2) is 0 Å². The fourth-order valence-electron chi connectivity index (χ4n) is 2.27. The Bertz CT molecular complexity index is 300. The molecule has 16 heavy (non-hydrogen) atoms. The highest BCUT2D eigenvalue weighted by atomic mass is 16.3. The summed E-state index contributed by atoms with van der Waals surface area (Å²) < 4.78 is 0. The van der Waals surface area contributed by atoms with Crippen molar-refractivity contribution in [2.45, 2.75) is 33.7 Å². The second-order valence-electron chi connectivity index (χ2n) is 5.07. The maximum Gasteiger partial charge on any atom is 0.324 e. The lowest BCUT2D eigenvalue weighted by Crippen LogP contribution is -2.65. The molecule has 1 aliphatic rings. The van der Waals surface area contributed by atoms with Crippen LogP contribution in [0.5, 0.6) is 0 Å². The van der Waals surface area contributed by atoms with Crippen molar-refractivity contribution in [3.05, 3.63) is 0 Å². The summed E-state index contributed by atoms with van der Waals surface area (Å²) in [7, 11) is 0. The molecule has 1 atom stereocenters. The largest absolute Gasteiger partial charge is 0.395 e. The molecule has 5 nitrogen and oxygen atoms in total. The van der Waals surface area contributed by atoms with Crippen LogP contribution in [-0.4, -0.2) is 41.1 Å². The Morgan fingerprint density at radius 3 is 2.44 bits per heavy atom. The Kier molecular flexibility index (Phi) is 3.57. The zero-order valence-electron chi connectivity index (χ0n) is 10.3. The first-order valence-corrected chi connectivity index (χ1v) is 5.55. The van der Waals surface area contributed by atoms with Crippen LogP contribution in [0.2, 0.25) is 0 Å². The number of amides is 3. The Morgan fingerprint density at radius 1 is 1.44 bits per heavy atom. The van der Waals surface area contributed by atoms with Crippen LogP contribution in [-0.2, 0) is 4.79 Å². The number of hydrogen-bond acceptors (Lipinski definition) is 3. The summed E-state index contributed by atoms with van der Waals surface area (Å²) in [5.74, 6) is -0.0248. The van der Waals surface area contributed by atoms with Crippen LogP contribution in [0.25, 0.3) is 0 Å². The Hall–Kier alpha value is -1.10. The van der Waals surface area contributed by atoms with Crippen LogP contribution in [0.1, 0.15) is 27.7 Å². The molecule has 1 fully saturated rings. The fraction of sp³-hybridized carbons (Fsp3) is 0.818. The number of imide groups is 1. The summed E-state index contributed by atoms with van der Waals surface area (Å²) in [5, 5.41) is 11.7. The lowest BCUT2D eigenvalue weighted by molar-refractivity contribution is -0.142. The van der Waals surface area contributed by atoms with Gasteiger partial charge in [-0.05, 0) is 19.8 Å². The van der Waals surface area contributed by atoms with Crippen molar-refractivity contribution in [3.8, 4) is 0 Å². The van der Waals surface area contributed by atoms with Crippen LogP contribution < -0.4 is 5.32 Å². The lowest BCUT2D eigenvalue weighted by atomic mass is 9.76. The third kappa shape index (κ3) is 2.04. The standard InChI is InChI=1S/C11H20N2O3/c1-7(2)8-11(3,4)9(15)13(5-6-14)10(16)12-8/h7-8,14H,5-6H2,1-4H3,(H,12,16). The van der Waals surface area contributed by atoms with Crippen molar-refractivity contribution in [3.63, 3.8) is 0 Å². The van der Waals surface area contributed by atoms with Crippen LogP contribution in [0.3, 0.4) is 0 Å². The zero-order chi connectivity index (χ0) is 12.5. The minimum atomic E-state index is -0.628. The van der Waals surface area contributed by atoms with Gasteiger partial charge in [0, 0.05) is 6.04 Å². The van der Waals surface area contributed by atoms with E-state index in [2.05, 4.69) is 5.32 Å². The summed E-state index contributed by atoms with van der Waals surface area (Å²) >= 11 is 0. The summed E-state index contributed by atoms with van der Waals surface area (Å²) in [4.78, 5) is 24.9. The highest BCUT2D eigenvalue weighted by molar-refractivity contribution is 6.00. The Labute approximate surface area is 95.8 Å². The first-order valence-electron chi connectivity index (χ1n) is 5.55. The van der Waals surface area contributed by atoms with Crippen molar-refractivity contribution in [2.75, 3.05) is 13.2 Å². The van der Waals surface area contributed by atoms with E-state index in [0.29, 0.717) is 0 Å². The third-order valence-electron chi connectivity index (χ3n) is 3.09. The molecule has 5 heteroatoms. The molecule has 92 valence electrons. The van der Waals surface area contributed by atoms with Crippen molar-refractivity contribution < 1.29 is 14.7 Å². The smallest absolute Gasteiger partial charge is 0.324 e. The predicted molar refractivity (Wildman–Crippen MR) is 59.7 cm³/mol. The van der Waals surface area contributed by atoms with Crippen molar-refractivity contribution in [2.24, 2.45) is 11.3 Å². The van der Waals surface area contributed by atoms with Crippen molar-refractivity contribution in [1.82, 2.24) is 10.2 Å². The second kappa shape index (κ2) is 4.41. The SMILES string of the molecule is CC(C)C1NC(=O)N(CCO)C(=O)C1(C)C. The molecule has 0 aromatic carbocycles. The van der Waals surface area contributed by atoms with Gasteiger partial charge in [-0.1, -0.05) is 13.8 Å². The number of urea groups is 1. The van der Waals surface area contributed by atoms with Gasteiger partial charge in [-0.15, -0.1) is 0 Å². The number of carbonyl (C=O) groups excluding carboxylic acids is 2. The number of hydrogen-bond donors (Lipinski definition) is 2. The molecule has 1 aliphatic heterocycles. The number of nitrogens with zero attached hydrogens (tertiary/aromatic N) is 1. The second-order valence-corrected chi connectivity index (χ2v) is 5.07. The van der Waals surface area contributed by atoms with E-state index in [1.165, 1.54) is 0 Å². The number of β-amino-alcohol motifs (C(OH)–C–C–N with tert-alkyl or cyclic N) is 1. The quantitative estimate of drug-likeness (QED) is 0.742. The summed E-state index contributed by atoms with van der Waals surface area (Å²) in [6, 6.07) is -0.570. The molecule has 0 aliphatic carbocycles. The molecular formula is C11H20N2O3. The van der Waals surface area contributed by atoms with Gasteiger partial charge in [0.1, 0.15) is 0 Å². The first-order chi connectivity index (χ1) is 7.32. The van der Waals surface area contributed by atoms with Gasteiger partial charge in [0.05, 0.1) is 18.6 Å². The van der Waals surface area contributed by atoms with E-state index in [0.717, 1.165) is 4.90 Å². The van der Waals surface area contributed by atoms with E-state index in [1.807, 2.05) is 27.7 Å². The van der Waals surface area contributed by atoms with Gasteiger partial charge >= 0.3 is 6.03 Å². The average molecular weight is 228 g/mol. The van der Waals surface area contributed by atoms with E-state index < -0.39 is 11.4 Å². The van der Waals surface area contributed by atoms with Gasteiger partial charge in [-0.2, -0.15) is 0 Å². The number of carbonyl (C=O) groups is 2. The van der Waals surface area contributed by atoms with Crippen LogP contribution in [0, 0.1) is 11.3 Å². The molecule has 1 saturated heterocycles. The highest BCUT2D eigenvalue weighted by Gasteiger charge is 2.47. The average Bonchev–Trinajstić information content (AvgIpc) is 2.18. The molecule has 0 radical (unpaired) electrons. The Balaban J connectivity index is 2.97. The van der Waals surface area contributed by atoms with E-state index in [1.54, 1.807) is 0 Å². The lowest BCUT2D eigenvalue weighted by Gasteiger charge is -2.44. The molecule has 1 rings (SSSR count). The third-order valence-corrected chi connectivity index (χ3v) is 3.09. The summed E-state index contributed by atoms with van der Waals surface area (Å²) in [5.41, 5.74) is -0.628. The molecule has 0 saturated carbocycles. The van der Waals surface area contributed by atoms with Crippen LogP contribution in [0.4, 0.5) is 4.79 Å². The van der Waals surface area contributed by atoms with E-state index in [-0.39, 0.29) is 31.0 Å². The van der Waals surface area contributed by atoms with E-state index >= 15 is 0 Å². The molecule has 1 unspecified atom stereocenters. The van der Waals surface area contributed by atoms with E-state index in [4.69, 9.17) is 5.11 Å². The van der Waals surface area contributed by atoms with Gasteiger partial charge < -0.3 is 10.4 Å².